The van der Waals surface area contributed by atoms with Gasteiger partial charge in [-0.25, -0.2) is 4.98 Å². The van der Waals surface area contributed by atoms with E-state index in [4.69, 9.17) is 0 Å². The Hall–Kier alpha value is -0.230. The van der Waals surface area contributed by atoms with Crippen LogP contribution < -0.4 is 5.32 Å². The van der Waals surface area contributed by atoms with E-state index in [1.54, 1.807) is 22.7 Å². The molecule has 0 aliphatic rings. The van der Waals surface area contributed by atoms with Crippen LogP contribution >= 0.6 is 38.6 Å². The summed E-state index contributed by atoms with van der Waals surface area (Å²) in [4.78, 5) is 5.96. The van der Waals surface area contributed by atoms with E-state index >= 15 is 0 Å². The molecule has 5 heteroatoms. The van der Waals surface area contributed by atoms with Crippen molar-refractivity contribution < 1.29 is 0 Å². The van der Waals surface area contributed by atoms with Gasteiger partial charge in [0, 0.05) is 21.2 Å². The zero-order valence-corrected chi connectivity index (χ0v) is 13.1. The molecule has 2 aromatic heterocycles. The number of hydrogen-bond donors (Lipinski definition) is 1. The average molecular weight is 331 g/mol. The number of thiazole rings is 1. The van der Waals surface area contributed by atoms with Crippen LogP contribution in [0, 0.1) is 6.92 Å². The van der Waals surface area contributed by atoms with Crippen molar-refractivity contribution in [2.24, 2.45) is 0 Å². The van der Waals surface area contributed by atoms with E-state index in [9.17, 15) is 0 Å². The van der Waals surface area contributed by atoms with Crippen molar-refractivity contribution in [1.82, 2.24) is 10.3 Å². The summed E-state index contributed by atoms with van der Waals surface area (Å²) < 4.78 is 1.21. The van der Waals surface area contributed by atoms with Gasteiger partial charge >= 0.3 is 0 Å². The molecule has 0 aromatic carbocycles. The van der Waals surface area contributed by atoms with E-state index in [1.165, 1.54) is 9.35 Å². The molecule has 0 saturated heterocycles. The normalized spacial score (nSPS) is 12.9. The molecular formula is C12H15BrN2S2. The van der Waals surface area contributed by atoms with Crippen LogP contribution in [0.4, 0.5) is 0 Å². The Labute approximate surface area is 118 Å². The monoisotopic (exact) mass is 330 g/mol. The fourth-order valence-corrected chi connectivity index (χ4v) is 3.95. The SMILES string of the molecule is CCNC(Cc1sccc1Br)c1csc(C)n1. The molecule has 1 atom stereocenters. The van der Waals surface area contributed by atoms with Gasteiger partial charge in [0.15, 0.2) is 0 Å². The lowest BCUT2D eigenvalue weighted by Gasteiger charge is -2.15. The molecule has 0 aliphatic carbocycles. The topological polar surface area (TPSA) is 24.9 Å². The Morgan fingerprint density at radius 2 is 2.29 bits per heavy atom. The number of aryl methyl sites for hydroxylation is 1. The lowest BCUT2D eigenvalue weighted by Crippen LogP contribution is -2.23. The van der Waals surface area contributed by atoms with Gasteiger partial charge in [0.1, 0.15) is 0 Å². The fraction of sp³-hybridized carbons (Fsp3) is 0.417. The van der Waals surface area contributed by atoms with E-state index in [0.29, 0.717) is 6.04 Å². The quantitative estimate of drug-likeness (QED) is 0.889. The molecule has 2 aromatic rings. The van der Waals surface area contributed by atoms with Crippen LogP contribution in [0.25, 0.3) is 0 Å². The first-order valence-electron chi connectivity index (χ1n) is 5.58. The van der Waals surface area contributed by atoms with Crippen molar-refractivity contribution >= 4 is 38.6 Å². The van der Waals surface area contributed by atoms with Gasteiger partial charge in [0.05, 0.1) is 16.7 Å². The van der Waals surface area contributed by atoms with Crippen LogP contribution in [0.2, 0.25) is 0 Å². The van der Waals surface area contributed by atoms with Gasteiger partial charge in [-0.1, -0.05) is 6.92 Å². The number of aromatic nitrogens is 1. The molecular weight excluding hydrogens is 316 g/mol. The van der Waals surface area contributed by atoms with Crippen molar-refractivity contribution in [2.45, 2.75) is 26.3 Å². The Morgan fingerprint density at radius 1 is 1.47 bits per heavy atom. The number of nitrogens with zero attached hydrogens (tertiary/aromatic N) is 1. The number of rotatable bonds is 5. The summed E-state index contributed by atoms with van der Waals surface area (Å²) in [7, 11) is 0. The zero-order chi connectivity index (χ0) is 12.3. The van der Waals surface area contributed by atoms with E-state index in [0.717, 1.165) is 23.7 Å². The average Bonchev–Trinajstić information content (AvgIpc) is 2.88. The molecule has 0 bridgehead atoms. The number of thiophene rings is 1. The molecule has 0 radical (unpaired) electrons. The first-order valence-corrected chi connectivity index (χ1v) is 8.13. The third-order valence-corrected chi connectivity index (χ3v) is 5.27. The van der Waals surface area contributed by atoms with Crippen LogP contribution in [-0.2, 0) is 6.42 Å². The number of nitrogens with one attached hydrogen (secondary N) is 1. The molecule has 0 aliphatic heterocycles. The molecule has 2 nitrogen and oxygen atoms in total. The minimum atomic E-state index is 0.319. The standard InChI is InChI=1S/C12H15BrN2S2/c1-3-14-10(11-7-17-8(2)15-11)6-12-9(13)4-5-16-12/h4-5,7,10,14H,3,6H2,1-2H3. The predicted molar refractivity (Wildman–Crippen MR) is 79.0 cm³/mol. The molecule has 92 valence electrons. The van der Waals surface area contributed by atoms with E-state index in [2.05, 4.69) is 56.9 Å². The molecule has 2 rings (SSSR count). The fourth-order valence-electron chi connectivity index (χ4n) is 1.72. The lowest BCUT2D eigenvalue weighted by molar-refractivity contribution is 0.541. The first kappa shape index (κ1) is 13.2. The van der Waals surface area contributed by atoms with Gasteiger partial charge in [-0.05, 0) is 40.8 Å². The Balaban J connectivity index is 2.15. The lowest BCUT2D eigenvalue weighted by atomic mass is 10.1. The number of hydrogen-bond acceptors (Lipinski definition) is 4. The molecule has 0 fully saturated rings. The number of halogens is 1. The second-order valence-electron chi connectivity index (χ2n) is 3.80. The maximum atomic E-state index is 4.59. The summed E-state index contributed by atoms with van der Waals surface area (Å²) in [6.07, 6.45) is 0.995. The van der Waals surface area contributed by atoms with Crippen LogP contribution in [0.3, 0.4) is 0 Å². The highest BCUT2D eigenvalue weighted by molar-refractivity contribution is 9.10. The smallest absolute Gasteiger partial charge is 0.0898 e. The summed E-state index contributed by atoms with van der Waals surface area (Å²) in [6, 6.07) is 2.43. The molecule has 0 spiro atoms. The maximum Gasteiger partial charge on any atom is 0.0898 e. The summed E-state index contributed by atoms with van der Waals surface area (Å²) in [5.41, 5.74) is 1.16. The Bertz CT molecular complexity index is 478. The summed E-state index contributed by atoms with van der Waals surface area (Å²) in [5, 5.41) is 8.92. The molecule has 17 heavy (non-hydrogen) atoms. The number of likely N-dealkylation sites (N-methyl/N-ethyl adjacent to an activating group) is 1. The highest BCUT2D eigenvalue weighted by Crippen LogP contribution is 2.28. The Morgan fingerprint density at radius 3 is 2.82 bits per heavy atom. The van der Waals surface area contributed by atoms with E-state index < -0.39 is 0 Å². The predicted octanol–water partition coefficient (Wildman–Crippen LogP) is 4.17. The van der Waals surface area contributed by atoms with E-state index in [-0.39, 0.29) is 0 Å². The first-order chi connectivity index (χ1) is 8.20. The summed E-state index contributed by atoms with van der Waals surface area (Å²) >= 11 is 7.10. The highest BCUT2D eigenvalue weighted by atomic mass is 79.9. The third kappa shape index (κ3) is 3.37. The Kier molecular flexibility index (Phi) is 4.73. The minimum Gasteiger partial charge on any atom is -0.309 e. The van der Waals surface area contributed by atoms with Crippen molar-refractivity contribution in [2.75, 3.05) is 6.54 Å². The molecule has 2 heterocycles. The largest absolute Gasteiger partial charge is 0.309 e. The molecule has 1 unspecified atom stereocenters. The van der Waals surface area contributed by atoms with Gasteiger partial charge in [0.25, 0.3) is 0 Å². The van der Waals surface area contributed by atoms with Gasteiger partial charge in [0.2, 0.25) is 0 Å². The van der Waals surface area contributed by atoms with Gasteiger partial charge in [-0.3, -0.25) is 0 Å². The van der Waals surface area contributed by atoms with Crippen LogP contribution in [0.5, 0.6) is 0 Å². The third-order valence-electron chi connectivity index (χ3n) is 2.52. The summed E-state index contributed by atoms with van der Waals surface area (Å²) in [5.74, 6) is 0. The second kappa shape index (κ2) is 6.09. The molecule has 0 amide bonds. The summed E-state index contributed by atoms with van der Waals surface area (Å²) in [6.45, 7) is 5.15. The second-order valence-corrected chi connectivity index (χ2v) is 6.71. The van der Waals surface area contributed by atoms with Gasteiger partial charge in [-0.2, -0.15) is 0 Å². The van der Waals surface area contributed by atoms with Crippen molar-refractivity contribution in [3.63, 3.8) is 0 Å². The highest BCUT2D eigenvalue weighted by Gasteiger charge is 2.16. The molecule has 1 N–H and O–H groups in total. The van der Waals surface area contributed by atoms with Crippen LogP contribution in [0.1, 0.15) is 28.5 Å². The minimum absolute atomic E-state index is 0.319. The van der Waals surface area contributed by atoms with Gasteiger partial charge < -0.3 is 5.32 Å². The van der Waals surface area contributed by atoms with Gasteiger partial charge in [-0.15, -0.1) is 22.7 Å². The zero-order valence-electron chi connectivity index (χ0n) is 9.87. The van der Waals surface area contributed by atoms with Crippen LogP contribution in [0.15, 0.2) is 21.3 Å². The maximum absolute atomic E-state index is 4.59. The van der Waals surface area contributed by atoms with E-state index in [1.807, 2.05) is 0 Å². The van der Waals surface area contributed by atoms with Crippen molar-refractivity contribution in [3.8, 4) is 0 Å². The molecule has 0 saturated carbocycles. The van der Waals surface area contributed by atoms with Crippen LogP contribution in [-0.4, -0.2) is 11.5 Å². The van der Waals surface area contributed by atoms with Crippen molar-refractivity contribution in [3.05, 3.63) is 36.9 Å². The van der Waals surface area contributed by atoms with Crippen molar-refractivity contribution in [1.29, 1.82) is 0 Å².